The zero-order chi connectivity index (χ0) is 15.5. The van der Waals surface area contributed by atoms with Crippen molar-refractivity contribution in [1.82, 2.24) is 0 Å². The van der Waals surface area contributed by atoms with Crippen molar-refractivity contribution >= 4 is 11.8 Å². The van der Waals surface area contributed by atoms with Gasteiger partial charge in [0.05, 0.1) is 13.2 Å². The van der Waals surface area contributed by atoms with Gasteiger partial charge in [0.1, 0.15) is 6.10 Å². The summed E-state index contributed by atoms with van der Waals surface area (Å²) < 4.78 is 10.3. The Labute approximate surface area is 131 Å². The second-order valence-electron chi connectivity index (χ2n) is 6.27. The maximum atomic E-state index is 11.9. The Bertz CT molecular complexity index is 509. The molecule has 5 heteroatoms. The molecule has 2 fully saturated rings. The largest absolute Gasteiger partial charge is 0.441 e. The van der Waals surface area contributed by atoms with E-state index in [0.717, 1.165) is 31.4 Å². The molecule has 1 unspecified atom stereocenters. The standard InChI is InChI=1S/C17H24N2O3/c1-21-11-16-10-19(17(20)22-16)15-8-4-13(5-9-15)12-2-6-14(18)7-3-12/h4-5,8-9,12,14,16H,2-3,6-7,10-11,18H2,1H3. The molecule has 0 spiro atoms. The van der Waals surface area contributed by atoms with Crippen LogP contribution in [0.3, 0.4) is 0 Å². The number of benzene rings is 1. The number of nitrogens with two attached hydrogens (primary N) is 1. The Kier molecular flexibility index (Phi) is 4.64. The SMILES string of the molecule is COCC1CN(c2ccc(C3CCC(N)CC3)cc2)C(=O)O1. The van der Waals surface area contributed by atoms with Crippen LogP contribution in [0.1, 0.15) is 37.2 Å². The van der Waals surface area contributed by atoms with Crippen molar-refractivity contribution in [3.8, 4) is 0 Å². The molecule has 1 aromatic rings. The molecule has 1 aliphatic carbocycles. The van der Waals surface area contributed by atoms with Crippen LogP contribution in [-0.4, -0.2) is 38.5 Å². The minimum absolute atomic E-state index is 0.183. The Balaban J connectivity index is 1.65. The van der Waals surface area contributed by atoms with Crippen molar-refractivity contribution in [2.45, 2.75) is 43.7 Å². The molecule has 1 atom stereocenters. The van der Waals surface area contributed by atoms with E-state index in [-0.39, 0.29) is 12.2 Å². The second kappa shape index (κ2) is 6.67. The average molecular weight is 304 g/mol. The van der Waals surface area contributed by atoms with Gasteiger partial charge in [0.15, 0.2) is 0 Å². The first-order chi connectivity index (χ1) is 10.7. The van der Waals surface area contributed by atoms with Crippen LogP contribution in [0.4, 0.5) is 10.5 Å². The molecule has 120 valence electrons. The number of ether oxygens (including phenoxy) is 2. The summed E-state index contributed by atoms with van der Waals surface area (Å²) in [5, 5.41) is 0. The van der Waals surface area contributed by atoms with Crippen molar-refractivity contribution < 1.29 is 14.3 Å². The fourth-order valence-corrected chi connectivity index (χ4v) is 3.38. The highest BCUT2D eigenvalue weighted by Gasteiger charge is 2.32. The van der Waals surface area contributed by atoms with Crippen molar-refractivity contribution in [1.29, 1.82) is 0 Å². The number of nitrogens with zero attached hydrogens (tertiary/aromatic N) is 1. The first-order valence-electron chi connectivity index (χ1n) is 8.00. The minimum Gasteiger partial charge on any atom is -0.441 e. The smallest absolute Gasteiger partial charge is 0.414 e. The molecule has 1 aliphatic heterocycles. The number of rotatable bonds is 4. The minimum atomic E-state index is -0.293. The van der Waals surface area contributed by atoms with Crippen LogP contribution in [0.25, 0.3) is 0 Å². The summed E-state index contributed by atoms with van der Waals surface area (Å²) in [6.45, 7) is 0.979. The third-order valence-corrected chi connectivity index (χ3v) is 4.67. The average Bonchev–Trinajstić information content (AvgIpc) is 2.89. The molecule has 2 aliphatic rings. The van der Waals surface area contributed by atoms with Gasteiger partial charge in [0, 0.05) is 18.8 Å². The molecule has 1 heterocycles. The van der Waals surface area contributed by atoms with E-state index in [1.165, 1.54) is 5.56 Å². The van der Waals surface area contributed by atoms with Gasteiger partial charge < -0.3 is 15.2 Å². The number of methoxy groups -OCH3 is 1. The number of cyclic esters (lactones) is 1. The van der Waals surface area contributed by atoms with Gasteiger partial charge in [-0.25, -0.2) is 4.79 Å². The van der Waals surface area contributed by atoms with Gasteiger partial charge >= 0.3 is 6.09 Å². The van der Waals surface area contributed by atoms with E-state index in [9.17, 15) is 4.79 Å². The van der Waals surface area contributed by atoms with E-state index in [1.807, 2.05) is 12.1 Å². The van der Waals surface area contributed by atoms with E-state index >= 15 is 0 Å². The summed E-state index contributed by atoms with van der Waals surface area (Å²) in [6, 6.07) is 8.66. The van der Waals surface area contributed by atoms with E-state index in [0.29, 0.717) is 25.1 Å². The maximum Gasteiger partial charge on any atom is 0.414 e. The lowest BCUT2D eigenvalue weighted by atomic mass is 9.82. The number of amides is 1. The van der Waals surface area contributed by atoms with Crippen LogP contribution in [-0.2, 0) is 9.47 Å². The molecule has 2 N–H and O–H groups in total. The fourth-order valence-electron chi connectivity index (χ4n) is 3.38. The van der Waals surface area contributed by atoms with Crippen LogP contribution in [0.2, 0.25) is 0 Å². The van der Waals surface area contributed by atoms with Gasteiger partial charge in [0.25, 0.3) is 0 Å². The molecule has 1 amide bonds. The number of carbonyl (C=O) groups excluding carboxylic acids is 1. The number of carbonyl (C=O) groups is 1. The van der Waals surface area contributed by atoms with Gasteiger partial charge in [-0.05, 0) is 49.3 Å². The first kappa shape index (κ1) is 15.3. The summed E-state index contributed by atoms with van der Waals surface area (Å²) in [4.78, 5) is 13.6. The maximum absolute atomic E-state index is 11.9. The van der Waals surface area contributed by atoms with Crippen molar-refractivity contribution in [2.24, 2.45) is 5.73 Å². The highest BCUT2D eigenvalue weighted by molar-refractivity contribution is 5.89. The Morgan fingerprint density at radius 1 is 1.23 bits per heavy atom. The number of anilines is 1. The predicted octanol–water partition coefficient (Wildman–Crippen LogP) is 2.64. The number of hydrogen-bond acceptors (Lipinski definition) is 4. The third-order valence-electron chi connectivity index (χ3n) is 4.67. The van der Waals surface area contributed by atoms with Crippen LogP contribution >= 0.6 is 0 Å². The molecule has 5 nitrogen and oxygen atoms in total. The summed E-state index contributed by atoms with van der Waals surface area (Å²) in [5.41, 5.74) is 8.20. The van der Waals surface area contributed by atoms with Crippen LogP contribution < -0.4 is 10.6 Å². The predicted molar refractivity (Wildman–Crippen MR) is 85.1 cm³/mol. The van der Waals surface area contributed by atoms with Gasteiger partial charge in [-0.15, -0.1) is 0 Å². The molecular formula is C17H24N2O3. The zero-order valence-electron chi connectivity index (χ0n) is 13.0. The van der Waals surface area contributed by atoms with Crippen LogP contribution in [0, 0.1) is 0 Å². The Morgan fingerprint density at radius 3 is 2.55 bits per heavy atom. The zero-order valence-corrected chi connectivity index (χ0v) is 13.0. The van der Waals surface area contributed by atoms with Gasteiger partial charge in [0.2, 0.25) is 0 Å². The topological polar surface area (TPSA) is 64.8 Å². The van der Waals surface area contributed by atoms with Crippen molar-refractivity contribution in [3.63, 3.8) is 0 Å². The quantitative estimate of drug-likeness (QED) is 0.928. The molecule has 3 rings (SSSR count). The molecule has 1 aromatic carbocycles. The molecule has 1 saturated heterocycles. The highest BCUT2D eigenvalue weighted by Crippen LogP contribution is 2.33. The molecule has 0 aromatic heterocycles. The van der Waals surface area contributed by atoms with E-state index < -0.39 is 0 Å². The summed E-state index contributed by atoms with van der Waals surface area (Å²) >= 11 is 0. The van der Waals surface area contributed by atoms with E-state index in [2.05, 4.69) is 12.1 Å². The molecule has 0 radical (unpaired) electrons. The van der Waals surface area contributed by atoms with Crippen molar-refractivity contribution in [3.05, 3.63) is 29.8 Å². The monoisotopic (exact) mass is 304 g/mol. The molecule has 22 heavy (non-hydrogen) atoms. The summed E-state index contributed by atoms with van der Waals surface area (Å²) in [7, 11) is 1.61. The first-order valence-corrected chi connectivity index (χ1v) is 8.00. The molecule has 1 saturated carbocycles. The molecule has 0 bridgehead atoms. The van der Waals surface area contributed by atoms with Crippen molar-refractivity contribution in [2.75, 3.05) is 25.2 Å². The Hall–Kier alpha value is -1.59. The van der Waals surface area contributed by atoms with Crippen LogP contribution in [0.5, 0.6) is 0 Å². The lowest BCUT2D eigenvalue weighted by Crippen LogP contribution is -2.26. The van der Waals surface area contributed by atoms with E-state index in [4.69, 9.17) is 15.2 Å². The van der Waals surface area contributed by atoms with Gasteiger partial charge in [-0.1, -0.05) is 12.1 Å². The summed E-state index contributed by atoms with van der Waals surface area (Å²) in [6.07, 6.45) is 4.03. The van der Waals surface area contributed by atoms with E-state index in [1.54, 1.807) is 12.0 Å². The van der Waals surface area contributed by atoms with Crippen LogP contribution in [0.15, 0.2) is 24.3 Å². The molecular weight excluding hydrogens is 280 g/mol. The lowest BCUT2D eigenvalue weighted by molar-refractivity contribution is 0.0718. The third kappa shape index (κ3) is 3.25. The lowest BCUT2D eigenvalue weighted by Gasteiger charge is -2.26. The Morgan fingerprint density at radius 2 is 1.91 bits per heavy atom. The van der Waals surface area contributed by atoms with Gasteiger partial charge in [-0.2, -0.15) is 0 Å². The second-order valence-corrected chi connectivity index (χ2v) is 6.27. The van der Waals surface area contributed by atoms with Gasteiger partial charge in [-0.3, -0.25) is 4.90 Å². The fraction of sp³-hybridized carbons (Fsp3) is 0.588. The summed E-state index contributed by atoms with van der Waals surface area (Å²) in [5.74, 6) is 0.598. The number of hydrogen-bond donors (Lipinski definition) is 1. The highest BCUT2D eigenvalue weighted by atomic mass is 16.6. The normalized spacial score (nSPS) is 28.7.